The summed E-state index contributed by atoms with van der Waals surface area (Å²) in [5.41, 5.74) is 3.12. The van der Waals surface area contributed by atoms with Crippen LogP contribution in [0.1, 0.15) is 16.9 Å². The second-order valence-corrected chi connectivity index (χ2v) is 7.51. The van der Waals surface area contributed by atoms with Gasteiger partial charge in [0.05, 0.1) is 16.8 Å². The van der Waals surface area contributed by atoms with Gasteiger partial charge >= 0.3 is 5.97 Å². The Kier molecular flexibility index (Phi) is 3.39. The van der Waals surface area contributed by atoms with Crippen molar-refractivity contribution in [3.8, 4) is 0 Å². The molecule has 7 nitrogen and oxygen atoms in total. The van der Waals surface area contributed by atoms with Gasteiger partial charge in [-0.1, -0.05) is 0 Å². The highest BCUT2D eigenvalue weighted by molar-refractivity contribution is 7.19. The Morgan fingerprint density at radius 1 is 1.35 bits per heavy atom. The molecule has 1 aliphatic rings. The predicted molar refractivity (Wildman–Crippen MR) is 99.0 cm³/mol. The van der Waals surface area contributed by atoms with Gasteiger partial charge in [0, 0.05) is 23.0 Å². The van der Waals surface area contributed by atoms with Crippen molar-refractivity contribution in [2.45, 2.75) is 19.3 Å². The number of hydrogen-bond acceptors (Lipinski definition) is 6. The van der Waals surface area contributed by atoms with Crippen LogP contribution in [0, 0.1) is 5.92 Å². The fourth-order valence-electron chi connectivity index (χ4n) is 3.55. The van der Waals surface area contributed by atoms with Gasteiger partial charge in [-0.25, -0.2) is 14.5 Å². The SMILES string of the molecule is O=C(O)[C@H]1CCc2c(sc3ncnc(Nc4ccn5nccc5c4)c23)C1. The minimum atomic E-state index is -0.716. The number of hydrogen-bond donors (Lipinski definition) is 2. The van der Waals surface area contributed by atoms with Crippen molar-refractivity contribution in [1.82, 2.24) is 19.6 Å². The lowest BCUT2D eigenvalue weighted by molar-refractivity contribution is -0.142. The standard InChI is InChI=1S/C18H15N5O2S/c24-18(25)10-1-2-13-14(7-10)26-17-15(13)16(19-9-20-17)22-11-4-6-23-12(8-11)3-5-21-23/h3-6,8-10H,1-2,7H2,(H,24,25)(H,19,20,22)/t10-/m0/s1. The third-order valence-electron chi connectivity index (χ3n) is 4.86. The van der Waals surface area contributed by atoms with Gasteiger partial charge in [-0.15, -0.1) is 11.3 Å². The molecule has 4 aromatic rings. The van der Waals surface area contributed by atoms with E-state index in [2.05, 4.69) is 20.4 Å². The lowest BCUT2D eigenvalue weighted by Gasteiger charge is -2.18. The summed E-state index contributed by atoms with van der Waals surface area (Å²) in [6.07, 6.45) is 7.19. The molecule has 0 spiro atoms. The van der Waals surface area contributed by atoms with Crippen LogP contribution >= 0.6 is 11.3 Å². The topological polar surface area (TPSA) is 92.4 Å². The van der Waals surface area contributed by atoms with E-state index in [1.54, 1.807) is 28.4 Å². The van der Waals surface area contributed by atoms with Crippen LogP contribution in [-0.4, -0.2) is 30.7 Å². The van der Waals surface area contributed by atoms with Gasteiger partial charge in [-0.2, -0.15) is 5.10 Å². The largest absolute Gasteiger partial charge is 0.481 e. The summed E-state index contributed by atoms with van der Waals surface area (Å²) in [6.45, 7) is 0. The van der Waals surface area contributed by atoms with E-state index in [1.165, 1.54) is 5.56 Å². The molecule has 0 saturated carbocycles. The van der Waals surface area contributed by atoms with Crippen LogP contribution in [-0.2, 0) is 17.6 Å². The second kappa shape index (κ2) is 5.77. The Balaban J connectivity index is 1.57. The van der Waals surface area contributed by atoms with Crippen molar-refractivity contribution in [3.05, 3.63) is 47.4 Å². The van der Waals surface area contributed by atoms with Crippen LogP contribution in [0.5, 0.6) is 0 Å². The molecule has 0 radical (unpaired) electrons. The first-order chi connectivity index (χ1) is 12.7. The molecule has 0 amide bonds. The summed E-state index contributed by atoms with van der Waals surface area (Å²) in [5.74, 6) is -0.249. The van der Waals surface area contributed by atoms with Crippen LogP contribution in [0.3, 0.4) is 0 Å². The van der Waals surface area contributed by atoms with Gasteiger partial charge in [-0.05, 0) is 43.0 Å². The van der Waals surface area contributed by atoms with Crippen molar-refractivity contribution in [1.29, 1.82) is 0 Å². The number of pyridine rings is 1. The predicted octanol–water partition coefficient (Wildman–Crippen LogP) is 3.27. The fourth-order valence-corrected chi connectivity index (χ4v) is 4.82. The van der Waals surface area contributed by atoms with Crippen molar-refractivity contribution in [2.75, 3.05) is 5.32 Å². The second-order valence-electron chi connectivity index (χ2n) is 6.43. The zero-order chi connectivity index (χ0) is 17.7. The normalized spacial score (nSPS) is 16.7. The van der Waals surface area contributed by atoms with Gasteiger partial charge in [0.15, 0.2) is 0 Å². The molecule has 5 rings (SSSR count). The van der Waals surface area contributed by atoms with Crippen LogP contribution in [0.25, 0.3) is 15.7 Å². The molecule has 26 heavy (non-hydrogen) atoms. The van der Waals surface area contributed by atoms with E-state index >= 15 is 0 Å². The molecule has 0 bridgehead atoms. The number of carboxylic acids is 1. The minimum absolute atomic E-state index is 0.302. The van der Waals surface area contributed by atoms with E-state index in [0.29, 0.717) is 12.8 Å². The average Bonchev–Trinajstić information content (AvgIpc) is 3.25. The zero-order valence-corrected chi connectivity index (χ0v) is 14.5. The highest BCUT2D eigenvalue weighted by Gasteiger charge is 2.28. The number of carboxylic acid groups (broad SMARTS) is 1. The summed E-state index contributed by atoms with van der Waals surface area (Å²) in [6, 6.07) is 5.91. The first-order valence-electron chi connectivity index (χ1n) is 8.37. The van der Waals surface area contributed by atoms with Gasteiger partial charge in [0.1, 0.15) is 17.0 Å². The summed E-state index contributed by atoms with van der Waals surface area (Å²) >= 11 is 1.58. The van der Waals surface area contributed by atoms with E-state index in [9.17, 15) is 9.90 Å². The average molecular weight is 365 g/mol. The summed E-state index contributed by atoms with van der Waals surface area (Å²) in [7, 11) is 0. The zero-order valence-electron chi connectivity index (χ0n) is 13.7. The first kappa shape index (κ1) is 15.3. The van der Waals surface area contributed by atoms with Crippen LogP contribution in [0.4, 0.5) is 11.5 Å². The van der Waals surface area contributed by atoms with Crippen molar-refractivity contribution >= 4 is 44.5 Å². The number of fused-ring (bicyclic) bond motifs is 4. The third-order valence-corrected chi connectivity index (χ3v) is 6.02. The van der Waals surface area contributed by atoms with E-state index in [4.69, 9.17) is 0 Å². The lowest BCUT2D eigenvalue weighted by atomic mass is 9.88. The molecular weight excluding hydrogens is 350 g/mol. The number of aliphatic carboxylic acids is 1. The van der Waals surface area contributed by atoms with Crippen LogP contribution < -0.4 is 5.32 Å². The maximum absolute atomic E-state index is 11.3. The maximum Gasteiger partial charge on any atom is 0.306 e. The molecule has 4 heterocycles. The molecule has 0 saturated heterocycles. The van der Waals surface area contributed by atoms with Crippen molar-refractivity contribution in [2.24, 2.45) is 5.92 Å². The maximum atomic E-state index is 11.3. The number of thiophene rings is 1. The molecule has 0 unspecified atom stereocenters. The number of nitrogens with one attached hydrogen (secondary N) is 1. The first-order valence-corrected chi connectivity index (χ1v) is 9.19. The smallest absolute Gasteiger partial charge is 0.306 e. The minimum Gasteiger partial charge on any atom is -0.481 e. The van der Waals surface area contributed by atoms with Gasteiger partial charge < -0.3 is 10.4 Å². The van der Waals surface area contributed by atoms with Crippen LogP contribution in [0.15, 0.2) is 36.9 Å². The van der Waals surface area contributed by atoms with E-state index < -0.39 is 5.97 Å². The molecule has 1 aliphatic carbocycles. The quantitative estimate of drug-likeness (QED) is 0.579. The van der Waals surface area contributed by atoms with E-state index in [-0.39, 0.29) is 5.92 Å². The molecule has 0 aromatic carbocycles. The highest BCUT2D eigenvalue weighted by Crippen LogP contribution is 2.40. The molecule has 2 N–H and O–H groups in total. The third kappa shape index (κ3) is 2.41. The highest BCUT2D eigenvalue weighted by atomic mass is 32.1. The van der Waals surface area contributed by atoms with Gasteiger partial charge in [0.25, 0.3) is 0 Å². The fraction of sp³-hybridized carbons (Fsp3) is 0.222. The van der Waals surface area contributed by atoms with Crippen molar-refractivity contribution < 1.29 is 9.90 Å². The number of nitrogens with zero attached hydrogens (tertiary/aromatic N) is 4. The van der Waals surface area contributed by atoms with Crippen LogP contribution in [0.2, 0.25) is 0 Å². The summed E-state index contributed by atoms with van der Waals surface area (Å²) in [4.78, 5) is 22.2. The number of rotatable bonds is 3. The molecule has 0 fully saturated rings. The van der Waals surface area contributed by atoms with E-state index in [0.717, 1.165) is 38.5 Å². The Morgan fingerprint density at radius 3 is 3.15 bits per heavy atom. The Labute approximate surface area is 152 Å². The molecule has 8 heteroatoms. The summed E-state index contributed by atoms with van der Waals surface area (Å²) in [5, 5.41) is 17.9. The number of carbonyl (C=O) groups is 1. The number of aryl methyl sites for hydroxylation is 1. The van der Waals surface area contributed by atoms with Crippen molar-refractivity contribution in [3.63, 3.8) is 0 Å². The number of aromatic nitrogens is 4. The Bertz CT molecular complexity index is 1150. The molecule has 0 aliphatic heterocycles. The molecular formula is C18H15N5O2S. The lowest BCUT2D eigenvalue weighted by Crippen LogP contribution is -2.21. The summed E-state index contributed by atoms with van der Waals surface area (Å²) < 4.78 is 1.80. The molecule has 1 atom stereocenters. The molecule has 130 valence electrons. The van der Waals surface area contributed by atoms with Gasteiger partial charge in [-0.3, -0.25) is 4.79 Å². The molecule has 4 aromatic heterocycles. The van der Waals surface area contributed by atoms with E-state index in [1.807, 2.05) is 24.4 Å². The Hall–Kier alpha value is -3.00. The Morgan fingerprint density at radius 2 is 2.27 bits per heavy atom. The van der Waals surface area contributed by atoms with Gasteiger partial charge in [0.2, 0.25) is 0 Å². The number of anilines is 2. The monoisotopic (exact) mass is 365 g/mol.